The van der Waals surface area contributed by atoms with E-state index in [1.54, 1.807) is 53.7 Å². The average Bonchev–Trinajstić information content (AvgIpc) is 3.10. The number of anilines is 2. The summed E-state index contributed by atoms with van der Waals surface area (Å²) in [5.74, 6) is -1.56. The van der Waals surface area contributed by atoms with E-state index < -0.39 is 17.6 Å². The summed E-state index contributed by atoms with van der Waals surface area (Å²) in [6.45, 7) is 0.302. The van der Waals surface area contributed by atoms with E-state index in [0.717, 1.165) is 4.90 Å². The van der Waals surface area contributed by atoms with Crippen LogP contribution in [0.5, 0.6) is 0 Å². The number of nitrogens with zero attached hydrogens (tertiary/aromatic N) is 5. The van der Waals surface area contributed by atoms with Crippen LogP contribution in [0.25, 0.3) is 11.1 Å². The number of hydrogen-bond donors (Lipinski definition) is 0. The number of carbonyl (C=O) groups excluding carboxylic acids is 3. The van der Waals surface area contributed by atoms with Gasteiger partial charge in [0.2, 0.25) is 0 Å². The van der Waals surface area contributed by atoms with E-state index in [2.05, 4.69) is 9.97 Å². The fourth-order valence-corrected chi connectivity index (χ4v) is 4.44. The fourth-order valence-electron chi connectivity index (χ4n) is 4.44. The Kier molecular flexibility index (Phi) is 5.82. The number of likely N-dealkylation sites (N-methyl/N-ethyl adjacent to an activating group) is 1. The average molecular weight is 471 g/mol. The third-order valence-corrected chi connectivity index (χ3v) is 6.16. The van der Waals surface area contributed by atoms with Crippen molar-refractivity contribution in [2.24, 2.45) is 0 Å². The highest BCUT2D eigenvalue weighted by molar-refractivity contribution is 6.19. The number of pyridine rings is 2. The molecule has 0 unspecified atom stereocenters. The highest BCUT2D eigenvalue weighted by atomic mass is 19.1. The molecule has 35 heavy (non-hydrogen) atoms. The summed E-state index contributed by atoms with van der Waals surface area (Å²) in [6.07, 6.45) is 5.66. The van der Waals surface area contributed by atoms with Crippen molar-refractivity contribution in [2.75, 3.05) is 25.0 Å². The zero-order valence-corrected chi connectivity index (χ0v) is 19.0. The maximum atomic E-state index is 15.1. The molecular formula is C26H22FN5O3. The van der Waals surface area contributed by atoms with E-state index >= 15 is 4.39 Å². The maximum absolute atomic E-state index is 15.1. The predicted molar refractivity (Wildman–Crippen MR) is 127 cm³/mol. The number of halogens is 1. The summed E-state index contributed by atoms with van der Waals surface area (Å²) in [5.41, 5.74) is 2.06. The maximum Gasteiger partial charge on any atom is 0.277 e. The zero-order valence-electron chi connectivity index (χ0n) is 19.0. The van der Waals surface area contributed by atoms with Gasteiger partial charge >= 0.3 is 0 Å². The van der Waals surface area contributed by atoms with Crippen LogP contribution >= 0.6 is 0 Å². The van der Waals surface area contributed by atoms with Crippen LogP contribution in [0.15, 0.2) is 78.4 Å². The minimum absolute atomic E-state index is 0.114. The fraction of sp³-hybridized carbons (Fsp3) is 0.192. The second kappa shape index (κ2) is 9.09. The Labute approximate surface area is 201 Å². The Morgan fingerprint density at radius 2 is 1.89 bits per heavy atom. The first-order valence-electron chi connectivity index (χ1n) is 11.2. The normalized spacial score (nSPS) is 15.5. The summed E-state index contributed by atoms with van der Waals surface area (Å²) in [6, 6.07) is 13.5. The summed E-state index contributed by atoms with van der Waals surface area (Å²) in [5, 5.41) is 0. The van der Waals surface area contributed by atoms with Crippen LogP contribution in [-0.4, -0.2) is 57.6 Å². The zero-order chi connectivity index (χ0) is 24.5. The quantitative estimate of drug-likeness (QED) is 0.531. The minimum atomic E-state index is -0.544. The third-order valence-electron chi connectivity index (χ3n) is 6.16. The van der Waals surface area contributed by atoms with Crippen LogP contribution in [0.2, 0.25) is 0 Å². The Morgan fingerprint density at radius 3 is 2.60 bits per heavy atom. The van der Waals surface area contributed by atoms with Gasteiger partial charge in [-0.2, -0.15) is 0 Å². The molecule has 2 aliphatic heterocycles. The molecule has 0 radical (unpaired) electrons. The van der Waals surface area contributed by atoms with Crippen molar-refractivity contribution in [3.05, 3.63) is 84.2 Å². The lowest BCUT2D eigenvalue weighted by Crippen LogP contribution is -2.41. The molecule has 8 nitrogen and oxygen atoms in total. The second-order valence-electron chi connectivity index (χ2n) is 8.35. The summed E-state index contributed by atoms with van der Waals surface area (Å²) >= 11 is 0. The standard InChI is InChI=1S/C26H22FN5O3/c1-30-25(34)19-10-6-12-31(24(19)26(30)35)16-23(33)32(18-8-3-2-4-9-18)22-13-21(27)20(15-29-22)17-7-5-11-28-14-17/h2-5,7-9,11,13-15H,6,10,12,16H2,1H3. The number of hydrogen-bond acceptors (Lipinski definition) is 6. The van der Waals surface area contributed by atoms with Crippen molar-refractivity contribution in [3.63, 3.8) is 0 Å². The van der Waals surface area contributed by atoms with Gasteiger partial charge in [0.25, 0.3) is 17.7 Å². The molecule has 0 N–H and O–H groups in total. The molecule has 1 aromatic carbocycles. The molecule has 5 rings (SSSR count). The van der Waals surface area contributed by atoms with E-state index in [1.165, 1.54) is 24.2 Å². The van der Waals surface area contributed by atoms with Gasteiger partial charge in [-0.3, -0.25) is 29.2 Å². The van der Waals surface area contributed by atoms with Gasteiger partial charge in [0, 0.05) is 54.9 Å². The molecule has 176 valence electrons. The van der Waals surface area contributed by atoms with Crippen molar-refractivity contribution in [1.29, 1.82) is 0 Å². The number of amides is 3. The lowest BCUT2D eigenvalue weighted by molar-refractivity contribution is -0.136. The number of para-hydroxylation sites is 1. The first-order chi connectivity index (χ1) is 17.0. The summed E-state index contributed by atoms with van der Waals surface area (Å²) in [7, 11) is 1.44. The number of imide groups is 1. The lowest BCUT2D eigenvalue weighted by atomic mass is 10.0. The van der Waals surface area contributed by atoms with Crippen LogP contribution in [0.4, 0.5) is 15.9 Å². The van der Waals surface area contributed by atoms with Gasteiger partial charge < -0.3 is 4.90 Å². The largest absolute Gasteiger partial charge is 0.357 e. The van der Waals surface area contributed by atoms with Gasteiger partial charge in [0.1, 0.15) is 17.3 Å². The third kappa shape index (κ3) is 4.05. The number of carbonyl (C=O) groups is 3. The van der Waals surface area contributed by atoms with Crippen molar-refractivity contribution < 1.29 is 18.8 Å². The molecule has 3 amide bonds. The van der Waals surface area contributed by atoms with Crippen LogP contribution in [0, 0.1) is 5.82 Å². The Balaban J connectivity index is 1.49. The lowest BCUT2D eigenvalue weighted by Gasteiger charge is -2.31. The Bertz CT molecular complexity index is 1340. The van der Waals surface area contributed by atoms with Crippen LogP contribution < -0.4 is 4.90 Å². The molecule has 0 atom stereocenters. The SMILES string of the molecule is CN1C(=O)C2=C(C1=O)N(CC(=O)N(c1ccccc1)c1cc(F)c(-c3cccnc3)cn1)CCC2. The molecule has 4 heterocycles. The first kappa shape index (κ1) is 22.4. The predicted octanol–water partition coefficient (Wildman–Crippen LogP) is 3.30. The minimum Gasteiger partial charge on any atom is -0.357 e. The van der Waals surface area contributed by atoms with Gasteiger partial charge in [-0.25, -0.2) is 9.37 Å². The monoisotopic (exact) mass is 471 g/mol. The summed E-state index contributed by atoms with van der Waals surface area (Å²) < 4.78 is 15.1. The van der Waals surface area contributed by atoms with Crippen LogP contribution in [0.1, 0.15) is 12.8 Å². The van der Waals surface area contributed by atoms with E-state index in [9.17, 15) is 14.4 Å². The Morgan fingerprint density at radius 1 is 1.09 bits per heavy atom. The van der Waals surface area contributed by atoms with Crippen molar-refractivity contribution in [1.82, 2.24) is 19.8 Å². The molecule has 0 fully saturated rings. The molecular weight excluding hydrogens is 449 g/mol. The number of aromatic nitrogens is 2. The molecule has 2 aliphatic rings. The van der Waals surface area contributed by atoms with Crippen molar-refractivity contribution in [3.8, 4) is 11.1 Å². The number of rotatable bonds is 5. The topological polar surface area (TPSA) is 86.7 Å². The van der Waals surface area contributed by atoms with E-state index in [-0.39, 0.29) is 29.5 Å². The van der Waals surface area contributed by atoms with Gasteiger partial charge in [0.05, 0.1) is 12.2 Å². The van der Waals surface area contributed by atoms with Gasteiger partial charge in [-0.1, -0.05) is 24.3 Å². The second-order valence-corrected chi connectivity index (χ2v) is 8.35. The number of benzene rings is 1. The highest BCUT2D eigenvalue weighted by Crippen LogP contribution is 2.32. The van der Waals surface area contributed by atoms with E-state index in [0.29, 0.717) is 36.2 Å². The Hall–Kier alpha value is -4.40. The highest BCUT2D eigenvalue weighted by Gasteiger charge is 2.41. The van der Waals surface area contributed by atoms with Gasteiger partial charge in [-0.05, 0) is 31.0 Å². The van der Waals surface area contributed by atoms with Gasteiger partial charge in [-0.15, -0.1) is 0 Å². The molecule has 0 saturated heterocycles. The molecule has 2 aromatic heterocycles. The molecule has 3 aromatic rings. The van der Waals surface area contributed by atoms with E-state index in [1.807, 2.05) is 6.07 Å². The van der Waals surface area contributed by atoms with Crippen LogP contribution in [0.3, 0.4) is 0 Å². The van der Waals surface area contributed by atoms with Crippen molar-refractivity contribution in [2.45, 2.75) is 12.8 Å². The van der Waals surface area contributed by atoms with E-state index in [4.69, 9.17) is 0 Å². The van der Waals surface area contributed by atoms with Crippen LogP contribution in [-0.2, 0) is 14.4 Å². The smallest absolute Gasteiger partial charge is 0.277 e. The first-order valence-corrected chi connectivity index (χ1v) is 11.2. The molecule has 0 bridgehead atoms. The molecule has 0 saturated carbocycles. The molecule has 0 spiro atoms. The summed E-state index contributed by atoms with van der Waals surface area (Å²) in [4.78, 5) is 51.2. The van der Waals surface area contributed by atoms with Gasteiger partial charge in [0.15, 0.2) is 0 Å². The van der Waals surface area contributed by atoms with Crippen molar-refractivity contribution >= 4 is 29.2 Å². The molecule has 9 heteroatoms. The molecule has 0 aliphatic carbocycles.